The molecule has 0 bridgehead atoms. The molecule has 0 fully saturated rings. The van der Waals surface area contributed by atoms with Gasteiger partial charge in [0, 0.05) is 18.7 Å². The van der Waals surface area contributed by atoms with Gasteiger partial charge in [0.15, 0.2) is 0 Å². The predicted octanol–water partition coefficient (Wildman–Crippen LogP) is 3.22. The van der Waals surface area contributed by atoms with Crippen molar-refractivity contribution >= 4 is 11.6 Å². The Morgan fingerprint density at radius 2 is 1.71 bits per heavy atom. The average molecular weight is 282 g/mol. The van der Waals surface area contributed by atoms with Crippen LogP contribution in [0, 0.1) is 0 Å². The first-order valence-corrected chi connectivity index (χ1v) is 7.42. The number of amides is 1. The maximum absolute atomic E-state index is 11.9. The molecule has 0 spiro atoms. The molecule has 0 aliphatic heterocycles. The fourth-order valence-corrected chi connectivity index (χ4v) is 2.20. The highest BCUT2D eigenvalue weighted by Crippen LogP contribution is 2.19. The maximum Gasteiger partial charge on any atom is 0.225 e. The lowest BCUT2D eigenvalue weighted by Gasteiger charge is -2.11. The van der Waals surface area contributed by atoms with Crippen LogP contribution in [0.25, 0.3) is 0 Å². The number of carbonyl (C=O) groups is 1. The van der Waals surface area contributed by atoms with Crippen LogP contribution in [0.15, 0.2) is 54.6 Å². The molecule has 0 atom stereocenters. The Labute approximate surface area is 126 Å². The fraction of sp³-hybridized carbons (Fsp3) is 0.278. The molecule has 0 aromatic heterocycles. The van der Waals surface area contributed by atoms with Crippen LogP contribution in [0.1, 0.15) is 24.5 Å². The Morgan fingerprint density at radius 3 is 2.48 bits per heavy atom. The van der Waals surface area contributed by atoms with Gasteiger partial charge < -0.3 is 10.6 Å². The molecular formula is C18H22N2O. The number of hydrogen-bond acceptors (Lipinski definition) is 2. The van der Waals surface area contributed by atoms with Gasteiger partial charge >= 0.3 is 0 Å². The lowest BCUT2D eigenvalue weighted by Crippen LogP contribution is -2.21. The van der Waals surface area contributed by atoms with E-state index in [4.69, 9.17) is 0 Å². The highest BCUT2D eigenvalue weighted by atomic mass is 16.1. The van der Waals surface area contributed by atoms with Crippen molar-refractivity contribution in [2.45, 2.75) is 19.8 Å². The number of rotatable bonds is 7. The first kappa shape index (κ1) is 15.3. The minimum Gasteiger partial charge on any atom is -0.326 e. The summed E-state index contributed by atoms with van der Waals surface area (Å²) in [4.78, 5) is 11.9. The van der Waals surface area contributed by atoms with E-state index in [1.165, 1.54) is 5.56 Å². The van der Waals surface area contributed by atoms with Crippen molar-refractivity contribution in [3.05, 3.63) is 65.7 Å². The Bertz CT molecular complexity index is 566. The van der Waals surface area contributed by atoms with E-state index in [1.807, 2.05) is 43.3 Å². The van der Waals surface area contributed by atoms with Crippen LogP contribution in [-0.4, -0.2) is 19.0 Å². The van der Waals surface area contributed by atoms with E-state index in [2.05, 4.69) is 28.8 Å². The molecule has 2 rings (SSSR count). The summed E-state index contributed by atoms with van der Waals surface area (Å²) in [5.74, 6) is 0.0523. The fourth-order valence-electron chi connectivity index (χ4n) is 2.20. The average Bonchev–Trinajstić information content (AvgIpc) is 2.51. The van der Waals surface area contributed by atoms with Crippen molar-refractivity contribution in [3.8, 4) is 0 Å². The van der Waals surface area contributed by atoms with Gasteiger partial charge in [-0.25, -0.2) is 0 Å². The molecule has 1 amide bonds. The number of para-hydroxylation sites is 1. The summed E-state index contributed by atoms with van der Waals surface area (Å²) in [6.45, 7) is 3.63. The zero-order valence-electron chi connectivity index (χ0n) is 12.4. The Hall–Kier alpha value is -2.13. The van der Waals surface area contributed by atoms with Gasteiger partial charge in [0.25, 0.3) is 0 Å². The van der Waals surface area contributed by atoms with Crippen molar-refractivity contribution in [3.63, 3.8) is 0 Å². The maximum atomic E-state index is 11.9. The predicted molar refractivity (Wildman–Crippen MR) is 87.5 cm³/mol. The third-order valence-corrected chi connectivity index (χ3v) is 3.31. The minimum absolute atomic E-state index is 0.0523. The van der Waals surface area contributed by atoms with Crippen molar-refractivity contribution in [2.24, 2.45) is 0 Å². The molecule has 110 valence electrons. The van der Waals surface area contributed by atoms with Crippen LogP contribution in [0.3, 0.4) is 0 Å². The second kappa shape index (κ2) is 8.22. The van der Waals surface area contributed by atoms with Gasteiger partial charge in [-0.2, -0.15) is 0 Å². The van der Waals surface area contributed by atoms with Crippen LogP contribution in [0.5, 0.6) is 0 Å². The Morgan fingerprint density at radius 1 is 1.00 bits per heavy atom. The largest absolute Gasteiger partial charge is 0.326 e. The molecule has 0 saturated carbocycles. The standard InChI is InChI=1S/C18H22N2O/c1-2-19-13-12-18(21)20-17-11-7-6-10-16(17)14-15-8-4-3-5-9-15/h3-11,19H,2,12-14H2,1H3,(H,20,21). The van der Waals surface area contributed by atoms with Crippen molar-refractivity contribution in [1.29, 1.82) is 0 Å². The summed E-state index contributed by atoms with van der Waals surface area (Å²) in [5.41, 5.74) is 3.29. The van der Waals surface area contributed by atoms with E-state index in [9.17, 15) is 4.79 Å². The molecule has 3 nitrogen and oxygen atoms in total. The third kappa shape index (κ3) is 5.04. The molecule has 2 N–H and O–H groups in total. The van der Waals surface area contributed by atoms with Crippen molar-refractivity contribution in [1.82, 2.24) is 5.32 Å². The first-order chi connectivity index (χ1) is 10.3. The van der Waals surface area contributed by atoms with E-state index in [-0.39, 0.29) is 5.91 Å². The summed E-state index contributed by atoms with van der Waals surface area (Å²) < 4.78 is 0. The van der Waals surface area contributed by atoms with Gasteiger partial charge in [0.05, 0.1) is 0 Å². The number of hydrogen-bond donors (Lipinski definition) is 2. The summed E-state index contributed by atoms with van der Waals surface area (Å²) in [6.07, 6.45) is 1.32. The summed E-state index contributed by atoms with van der Waals surface area (Å²) >= 11 is 0. The highest BCUT2D eigenvalue weighted by molar-refractivity contribution is 5.91. The van der Waals surface area contributed by atoms with Gasteiger partial charge in [-0.15, -0.1) is 0 Å². The number of carbonyl (C=O) groups excluding carboxylic acids is 1. The molecule has 2 aromatic rings. The lowest BCUT2D eigenvalue weighted by atomic mass is 10.0. The molecule has 0 saturated heterocycles. The zero-order valence-corrected chi connectivity index (χ0v) is 12.4. The molecule has 0 aliphatic carbocycles. The molecule has 0 aliphatic rings. The molecule has 21 heavy (non-hydrogen) atoms. The van der Waals surface area contributed by atoms with E-state index >= 15 is 0 Å². The molecule has 2 aromatic carbocycles. The number of nitrogens with one attached hydrogen (secondary N) is 2. The van der Waals surface area contributed by atoms with Gasteiger partial charge in [-0.3, -0.25) is 4.79 Å². The second-order valence-corrected chi connectivity index (χ2v) is 4.97. The van der Waals surface area contributed by atoms with E-state index < -0.39 is 0 Å². The molecule has 0 radical (unpaired) electrons. The van der Waals surface area contributed by atoms with Crippen LogP contribution in [0.2, 0.25) is 0 Å². The van der Waals surface area contributed by atoms with Crippen LogP contribution in [-0.2, 0) is 11.2 Å². The van der Waals surface area contributed by atoms with Gasteiger partial charge in [0.2, 0.25) is 5.91 Å². The van der Waals surface area contributed by atoms with Gasteiger partial charge in [0.1, 0.15) is 0 Å². The van der Waals surface area contributed by atoms with Crippen LogP contribution < -0.4 is 10.6 Å². The summed E-state index contributed by atoms with van der Waals surface area (Å²) in [6, 6.07) is 18.3. The van der Waals surface area contributed by atoms with E-state index in [0.29, 0.717) is 13.0 Å². The molecule has 0 unspecified atom stereocenters. The van der Waals surface area contributed by atoms with Gasteiger partial charge in [-0.1, -0.05) is 55.5 Å². The minimum atomic E-state index is 0.0523. The van der Waals surface area contributed by atoms with Crippen molar-refractivity contribution < 1.29 is 4.79 Å². The summed E-state index contributed by atoms with van der Waals surface area (Å²) in [7, 11) is 0. The number of benzene rings is 2. The second-order valence-electron chi connectivity index (χ2n) is 4.97. The Balaban J connectivity index is 2.01. The zero-order chi connectivity index (χ0) is 14.9. The molecule has 3 heteroatoms. The highest BCUT2D eigenvalue weighted by Gasteiger charge is 2.06. The SMILES string of the molecule is CCNCCC(=O)Nc1ccccc1Cc1ccccc1. The third-order valence-electron chi connectivity index (χ3n) is 3.31. The van der Waals surface area contributed by atoms with Gasteiger partial charge in [-0.05, 0) is 30.2 Å². The van der Waals surface area contributed by atoms with E-state index in [1.54, 1.807) is 0 Å². The van der Waals surface area contributed by atoms with E-state index in [0.717, 1.165) is 24.2 Å². The Kier molecular flexibility index (Phi) is 5.98. The topological polar surface area (TPSA) is 41.1 Å². The molecular weight excluding hydrogens is 260 g/mol. The normalized spacial score (nSPS) is 10.3. The quantitative estimate of drug-likeness (QED) is 0.766. The number of anilines is 1. The molecule has 0 heterocycles. The van der Waals surface area contributed by atoms with Crippen LogP contribution >= 0.6 is 0 Å². The smallest absolute Gasteiger partial charge is 0.225 e. The van der Waals surface area contributed by atoms with Crippen molar-refractivity contribution in [2.75, 3.05) is 18.4 Å². The van der Waals surface area contributed by atoms with Crippen LogP contribution in [0.4, 0.5) is 5.69 Å². The monoisotopic (exact) mass is 282 g/mol. The first-order valence-electron chi connectivity index (χ1n) is 7.42. The summed E-state index contributed by atoms with van der Waals surface area (Å²) in [5, 5.41) is 6.17. The lowest BCUT2D eigenvalue weighted by molar-refractivity contribution is -0.116.